The maximum atomic E-state index is 11.5. The molecule has 3 nitrogen and oxygen atoms in total. The topological polar surface area (TPSA) is 40.5 Å². The molecule has 70 valence electrons. The molecule has 0 bridgehead atoms. The van der Waals surface area contributed by atoms with Gasteiger partial charge in [0.2, 0.25) is 5.91 Å². The molecule has 1 aliphatic heterocycles. The minimum Gasteiger partial charge on any atom is -0.395 e. The number of hydrogen-bond donors (Lipinski definition) is 1. The Morgan fingerprint density at radius 2 is 2.50 bits per heavy atom. The van der Waals surface area contributed by atoms with E-state index in [-0.39, 0.29) is 17.8 Å². The van der Waals surface area contributed by atoms with Crippen molar-refractivity contribution in [2.45, 2.75) is 18.1 Å². The number of likely N-dealkylation sites (N-methyl/N-ethyl adjacent to an activating group) is 1. The quantitative estimate of drug-likeness (QED) is 0.695. The van der Waals surface area contributed by atoms with Gasteiger partial charge in [0.05, 0.1) is 11.9 Å². The fourth-order valence-corrected chi connectivity index (χ4v) is 2.55. The number of amides is 1. The van der Waals surface area contributed by atoms with Gasteiger partial charge in [0.1, 0.15) is 0 Å². The molecule has 0 aliphatic carbocycles. The Labute approximate surface area is 77.1 Å². The zero-order valence-corrected chi connectivity index (χ0v) is 8.14. The molecular formula is C8H15NO2S. The summed E-state index contributed by atoms with van der Waals surface area (Å²) in [5, 5.41) is 8.78. The highest BCUT2D eigenvalue weighted by atomic mass is 32.2. The minimum absolute atomic E-state index is 0.0552. The Balaban J connectivity index is 2.34. The van der Waals surface area contributed by atoms with E-state index in [1.807, 2.05) is 0 Å². The van der Waals surface area contributed by atoms with Crippen LogP contribution in [0.4, 0.5) is 0 Å². The van der Waals surface area contributed by atoms with E-state index in [1.165, 1.54) is 0 Å². The number of nitrogens with zero attached hydrogens (tertiary/aromatic N) is 1. The maximum Gasteiger partial charge on any atom is 0.235 e. The molecule has 1 N–H and O–H groups in total. The first-order valence-corrected chi connectivity index (χ1v) is 5.28. The Morgan fingerprint density at radius 3 is 3.00 bits per heavy atom. The molecule has 1 rings (SSSR count). The van der Waals surface area contributed by atoms with Crippen LogP contribution in [-0.4, -0.2) is 47.1 Å². The van der Waals surface area contributed by atoms with Crippen LogP contribution in [0.15, 0.2) is 0 Å². The van der Waals surface area contributed by atoms with Crippen molar-refractivity contribution in [1.29, 1.82) is 0 Å². The second-order valence-corrected chi connectivity index (χ2v) is 4.30. The van der Waals surface area contributed by atoms with Crippen molar-refractivity contribution in [3.05, 3.63) is 0 Å². The maximum absolute atomic E-state index is 11.5. The second kappa shape index (κ2) is 4.72. The zero-order valence-electron chi connectivity index (χ0n) is 7.32. The summed E-state index contributed by atoms with van der Waals surface area (Å²) in [7, 11) is 1.75. The predicted octanol–water partition coefficient (Wildman–Crippen LogP) is 0.333. The van der Waals surface area contributed by atoms with Crippen LogP contribution in [0.3, 0.4) is 0 Å². The van der Waals surface area contributed by atoms with Crippen LogP contribution < -0.4 is 0 Å². The molecule has 1 aliphatic rings. The third kappa shape index (κ3) is 2.38. The summed E-state index contributed by atoms with van der Waals surface area (Å²) < 4.78 is 0. The van der Waals surface area contributed by atoms with Gasteiger partial charge in [-0.3, -0.25) is 4.79 Å². The van der Waals surface area contributed by atoms with Crippen molar-refractivity contribution in [2.24, 2.45) is 0 Å². The number of aliphatic hydroxyl groups is 1. The van der Waals surface area contributed by atoms with Crippen molar-refractivity contribution >= 4 is 17.7 Å². The van der Waals surface area contributed by atoms with Gasteiger partial charge in [0.15, 0.2) is 0 Å². The monoisotopic (exact) mass is 189 g/mol. The largest absolute Gasteiger partial charge is 0.395 e. The lowest BCUT2D eigenvalue weighted by molar-refractivity contribution is -0.129. The summed E-state index contributed by atoms with van der Waals surface area (Å²) in [6, 6.07) is 0. The average Bonchev–Trinajstić information content (AvgIpc) is 2.55. The Kier molecular flexibility index (Phi) is 3.88. The first-order valence-electron chi connectivity index (χ1n) is 4.23. The Bertz CT molecular complexity index is 157. The molecular weight excluding hydrogens is 174 g/mol. The summed E-state index contributed by atoms with van der Waals surface area (Å²) in [6.07, 6.45) is 2.15. The number of thioether (sulfide) groups is 1. The van der Waals surface area contributed by atoms with Crippen LogP contribution in [-0.2, 0) is 4.79 Å². The van der Waals surface area contributed by atoms with E-state index in [4.69, 9.17) is 5.11 Å². The number of rotatable bonds is 3. The molecule has 1 atom stereocenters. The van der Waals surface area contributed by atoms with E-state index in [1.54, 1.807) is 23.7 Å². The number of carbonyl (C=O) groups excluding carboxylic acids is 1. The fourth-order valence-electron chi connectivity index (χ4n) is 1.28. The molecule has 1 saturated heterocycles. The molecule has 12 heavy (non-hydrogen) atoms. The summed E-state index contributed by atoms with van der Waals surface area (Å²) in [6.45, 7) is 0.509. The van der Waals surface area contributed by atoms with Gasteiger partial charge in [-0.1, -0.05) is 0 Å². The molecule has 1 heterocycles. The van der Waals surface area contributed by atoms with Crippen LogP contribution in [0.2, 0.25) is 0 Å². The third-order valence-electron chi connectivity index (χ3n) is 2.02. The van der Waals surface area contributed by atoms with Gasteiger partial charge in [-0.15, -0.1) is 11.8 Å². The molecule has 1 fully saturated rings. The third-order valence-corrected chi connectivity index (χ3v) is 3.38. The SMILES string of the molecule is CN(CCO)C(=O)C1CCCS1. The highest BCUT2D eigenvalue weighted by Crippen LogP contribution is 2.27. The smallest absolute Gasteiger partial charge is 0.235 e. The van der Waals surface area contributed by atoms with Gasteiger partial charge in [-0.25, -0.2) is 0 Å². The van der Waals surface area contributed by atoms with Gasteiger partial charge in [0.25, 0.3) is 0 Å². The van der Waals surface area contributed by atoms with Crippen LogP contribution >= 0.6 is 11.8 Å². The molecule has 0 radical (unpaired) electrons. The van der Waals surface area contributed by atoms with Crippen molar-refractivity contribution in [3.63, 3.8) is 0 Å². The van der Waals surface area contributed by atoms with Crippen molar-refractivity contribution < 1.29 is 9.90 Å². The van der Waals surface area contributed by atoms with Crippen LogP contribution in [0.5, 0.6) is 0 Å². The minimum atomic E-state index is 0.0552. The normalized spacial score (nSPS) is 22.7. The van der Waals surface area contributed by atoms with Crippen LogP contribution in [0.25, 0.3) is 0 Å². The lowest BCUT2D eigenvalue weighted by atomic mass is 10.2. The molecule has 1 amide bonds. The van der Waals surface area contributed by atoms with Crippen molar-refractivity contribution in [1.82, 2.24) is 4.90 Å². The molecule has 0 aromatic carbocycles. The highest BCUT2D eigenvalue weighted by Gasteiger charge is 2.25. The Hall–Kier alpha value is -0.220. The lowest BCUT2D eigenvalue weighted by Crippen LogP contribution is -2.35. The molecule has 1 unspecified atom stereocenters. The molecule has 0 spiro atoms. The summed E-state index contributed by atoms with van der Waals surface area (Å²) in [4.78, 5) is 13.1. The number of carbonyl (C=O) groups is 1. The highest BCUT2D eigenvalue weighted by molar-refractivity contribution is 8.00. The van der Waals surface area contributed by atoms with E-state index in [9.17, 15) is 4.79 Å². The second-order valence-electron chi connectivity index (χ2n) is 2.99. The molecule has 0 aromatic heterocycles. The Morgan fingerprint density at radius 1 is 1.75 bits per heavy atom. The first kappa shape index (κ1) is 9.86. The van der Waals surface area contributed by atoms with Gasteiger partial charge in [-0.05, 0) is 18.6 Å². The molecule has 4 heteroatoms. The standard InChI is InChI=1S/C8H15NO2S/c1-9(4-5-10)8(11)7-3-2-6-12-7/h7,10H,2-6H2,1H3. The van der Waals surface area contributed by atoms with E-state index in [2.05, 4.69) is 0 Å². The van der Waals surface area contributed by atoms with Gasteiger partial charge < -0.3 is 10.0 Å². The van der Waals surface area contributed by atoms with Crippen LogP contribution in [0.1, 0.15) is 12.8 Å². The fraction of sp³-hybridized carbons (Fsp3) is 0.875. The van der Waals surface area contributed by atoms with Crippen LogP contribution in [0, 0.1) is 0 Å². The van der Waals surface area contributed by atoms with E-state index < -0.39 is 0 Å². The van der Waals surface area contributed by atoms with Gasteiger partial charge in [0, 0.05) is 13.6 Å². The van der Waals surface area contributed by atoms with Gasteiger partial charge in [-0.2, -0.15) is 0 Å². The van der Waals surface area contributed by atoms with Crippen molar-refractivity contribution in [2.75, 3.05) is 26.0 Å². The number of hydrogen-bond acceptors (Lipinski definition) is 3. The van der Waals surface area contributed by atoms with E-state index in [0.29, 0.717) is 6.54 Å². The first-order chi connectivity index (χ1) is 5.75. The number of aliphatic hydroxyl groups excluding tert-OH is 1. The summed E-state index contributed by atoms with van der Waals surface area (Å²) >= 11 is 1.73. The molecule has 0 saturated carbocycles. The summed E-state index contributed by atoms with van der Waals surface area (Å²) in [5.74, 6) is 1.27. The van der Waals surface area contributed by atoms with E-state index in [0.717, 1.165) is 18.6 Å². The average molecular weight is 189 g/mol. The zero-order chi connectivity index (χ0) is 8.97. The lowest BCUT2D eigenvalue weighted by Gasteiger charge is -2.18. The van der Waals surface area contributed by atoms with E-state index >= 15 is 0 Å². The summed E-state index contributed by atoms with van der Waals surface area (Å²) in [5.41, 5.74) is 0. The van der Waals surface area contributed by atoms with Crippen molar-refractivity contribution in [3.8, 4) is 0 Å². The predicted molar refractivity (Wildman–Crippen MR) is 50.2 cm³/mol. The van der Waals surface area contributed by atoms with Gasteiger partial charge >= 0.3 is 0 Å². The molecule has 0 aromatic rings.